The molecule has 0 aromatic heterocycles. The molecular weight excluding hydrogens is 233 g/mol. The molecule has 0 aliphatic carbocycles. The number of nitrogens with zero attached hydrogens (tertiary/aromatic N) is 1. The predicted molar refractivity (Wildman–Crippen MR) is 55.3 cm³/mol. The van der Waals surface area contributed by atoms with Crippen LogP contribution < -0.4 is 0 Å². The van der Waals surface area contributed by atoms with Crippen molar-refractivity contribution in [3.05, 3.63) is 28.0 Å². The second-order valence-electron chi connectivity index (χ2n) is 3.76. The molecule has 0 atom stereocenters. The van der Waals surface area contributed by atoms with E-state index in [1.165, 1.54) is 0 Å². The number of aliphatic imine (C=N–C) groups is 1. The number of fused-ring (bicyclic) bond motifs is 1. The maximum absolute atomic E-state index is 13.2. The zero-order valence-electron chi connectivity index (χ0n) is 7.44. The van der Waals surface area contributed by atoms with Crippen LogP contribution in [-0.4, -0.2) is 6.21 Å². The summed E-state index contributed by atoms with van der Waals surface area (Å²) in [5, 5.41) is 0. The summed E-state index contributed by atoms with van der Waals surface area (Å²) in [5.74, 6) is -0.225. The standard InChI is InChI=1S/C10H9BrFN/c1-10(2)5-13-9-4-7(11)8(12)3-6(9)10/h3-5H,1-2H3. The van der Waals surface area contributed by atoms with E-state index in [1.54, 1.807) is 12.1 Å². The fourth-order valence-electron chi connectivity index (χ4n) is 1.46. The van der Waals surface area contributed by atoms with Gasteiger partial charge in [0.2, 0.25) is 0 Å². The van der Waals surface area contributed by atoms with Crippen LogP contribution in [0, 0.1) is 5.82 Å². The van der Waals surface area contributed by atoms with E-state index in [2.05, 4.69) is 20.9 Å². The topological polar surface area (TPSA) is 12.4 Å². The average Bonchev–Trinajstić information content (AvgIpc) is 2.31. The van der Waals surface area contributed by atoms with Gasteiger partial charge < -0.3 is 0 Å². The number of hydrogen-bond acceptors (Lipinski definition) is 1. The molecule has 0 saturated heterocycles. The van der Waals surface area contributed by atoms with Gasteiger partial charge in [-0.05, 0) is 33.6 Å². The Labute approximate surface area is 84.8 Å². The molecule has 0 saturated carbocycles. The molecule has 1 aromatic carbocycles. The molecule has 1 aromatic rings. The van der Waals surface area contributed by atoms with Crippen molar-refractivity contribution in [3.63, 3.8) is 0 Å². The van der Waals surface area contributed by atoms with Crippen LogP contribution in [0.2, 0.25) is 0 Å². The SMILES string of the molecule is CC1(C)C=Nc2cc(Br)c(F)cc21. The summed E-state index contributed by atoms with van der Waals surface area (Å²) in [6.07, 6.45) is 1.85. The molecular formula is C10H9BrFN. The van der Waals surface area contributed by atoms with Gasteiger partial charge in [-0.15, -0.1) is 0 Å². The van der Waals surface area contributed by atoms with Gasteiger partial charge in [0.1, 0.15) is 5.82 Å². The van der Waals surface area contributed by atoms with Crippen LogP contribution in [0.15, 0.2) is 21.6 Å². The van der Waals surface area contributed by atoms with Crippen molar-refractivity contribution >= 4 is 27.8 Å². The van der Waals surface area contributed by atoms with Gasteiger partial charge in [0, 0.05) is 11.6 Å². The molecule has 0 spiro atoms. The Morgan fingerprint density at radius 3 is 2.77 bits per heavy atom. The van der Waals surface area contributed by atoms with Gasteiger partial charge in [-0.3, -0.25) is 4.99 Å². The Bertz CT molecular complexity index is 396. The summed E-state index contributed by atoms with van der Waals surface area (Å²) in [6.45, 7) is 4.05. The Morgan fingerprint density at radius 1 is 1.38 bits per heavy atom. The lowest BCUT2D eigenvalue weighted by atomic mass is 9.87. The minimum absolute atomic E-state index is 0.142. The molecule has 0 radical (unpaired) electrons. The van der Waals surface area contributed by atoms with Crippen LogP contribution >= 0.6 is 15.9 Å². The van der Waals surface area contributed by atoms with Crippen molar-refractivity contribution in [2.24, 2.45) is 4.99 Å². The van der Waals surface area contributed by atoms with E-state index in [0.29, 0.717) is 4.47 Å². The average molecular weight is 242 g/mol. The fourth-order valence-corrected chi connectivity index (χ4v) is 1.79. The van der Waals surface area contributed by atoms with Gasteiger partial charge in [0.05, 0.1) is 10.2 Å². The summed E-state index contributed by atoms with van der Waals surface area (Å²) in [4.78, 5) is 4.23. The minimum Gasteiger partial charge on any atom is -0.260 e. The van der Waals surface area contributed by atoms with Crippen molar-refractivity contribution in [1.29, 1.82) is 0 Å². The molecule has 0 unspecified atom stereocenters. The van der Waals surface area contributed by atoms with Crippen molar-refractivity contribution in [1.82, 2.24) is 0 Å². The first-order valence-corrected chi connectivity index (χ1v) is 4.85. The molecule has 0 bridgehead atoms. The summed E-state index contributed by atoms with van der Waals surface area (Å²) < 4.78 is 13.7. The van der Waals surface area contributed by atoms with Gasteiger partial charge in [-0.25, -0.2) is 4.39 Å². The molecule has 0 N–H and O–H groups in total. The van der Waals surface area contributed by atoms with Crippen LogP contribution in [0.5, 0.6) is 0 Å². The van der Waals surface area contributed by atoms with Gasteiger partial charge in [-0.1, -0.05) is 13.8 Å². The van der Waals surface area contributed by atoms with Gasteiger partial charge in [0.15, 0.2) is 0 Å². The first-order valence-electron chi connectivity index (χ1n) is 4.05. The highest BCUT2D eigenvalue weighted by Crippen LogP contribution is 2.38. The third kappa shape index (κ3) is 1.31. The van der Waals surface area contributed by atoms with Gasteiger partial charge in [0.25, 0.3) is 0 Å². The maximum Gasteiger partial charge on any atom is 0.137 e. The Balaban J connectivity index is 2.66. The zero-order valence-corrected chi connectivity index (χ0v) is 9.02. The predicted octanol–water partition coefficient (Wildman–Crippen LogP) is 3.58. The lowest BCUT2D eigenvalue weighted by molar-refractivity contribution is 0.614. The van der Waals surface area contributed by atoms with Crippen molar-refractivity contribution < 1.29 is 4.39 Å². The lowest BCUT2D eigenvalue weighted by Crippen LogP contribution is -2.14. The van der Waals surface area contributed by atoms with E-state index < -0.39 is 0 Å². The maximum atomic E-state index is 13.2. The summed E-state index contributed by atoms with van der Waals surface area (Å²) in [7, 11) is 0. The number of rotatable bonds is 0. The van der Waals surface area contributed by atoms with Gasteiger partial charge >= 0.3 is 0 Å². The van der Waals surface area contributed by atoms with Crippen LogP contribution in [0.1, 0.15) is 19.4 Å². The number of benzene rings is 1. The molecule has 3 heteroatoms. The molecule has 2 rings (SSSR count). The molecule has 0 fully saturated rings. The number of hydrogen-bond donors (Lipinski definition) is 0. The Morgan fingerprint density at radius 2 is 2.08 bits per heavy atom. The van der Waals surface area contributed by atoms with E-state index >= 15 is 0 Å². The number of halogens is 2. The van der Waals surface area contributed by atoms with E-state index in [0.717, 1.165) is 11.3 Å². The van der Waals surface area contributed by atoms with Crippen LogP contribution in [0.3, 0.4) is 0 Å². The quantitative estimate of drug-likeness (QED) is 0.659. The molecule has 1 nitrogen and oxygen atoms in total. The largest absolute Gasteiger partial charge is 0.260 e. The van der Waals surface area contributed by atoms with E-state index in [9.17, 15) is 4.39 Å². The molecule has 13 heavy (non-hydrogen) atoms. The van der Waals surface area contributed by atoms with Crippen LogP contribution in [0.25, 0.3) is 0 Å². The lowest BCUT2D eigenvalue weighted by Gasteiger charge is -2.15. The Kier molecular flexibility index (Phi) is 1.80. The third-order valence-electron chi connectivity index (χ3n) is 2.26. The molecule has 0 amide bonds. The smallest absolute Gasteiger partial charge is 0.137 e. The highest BCUT2D eigenvalue weighted by molar-refractivity contribution is 9.10. The second-order valence-corrected chi connectivity index (χ2v) is 4.62. The first kappa shape index (κ1) is 8.88. The van der Waals surface area contributed by atoms with E-state index in [-0.39, 0.29) is 11.2 Å². The minimum atomic E-state index is -0.225. The van der Waals surface area contributed by atoms with Crippen LogP contribution in [-0.2, 0) is 5.41 Å². The summed E-state index contributed by atoms with van der Waals surface area (Å²) in [5.41, 5.74) is 1.67. The normalized spacial score (nSPS) is 17.5. The third-order valence-corrected chi connectivity index (χ3v) is 2.87. The van der Waals surface area contributed by atoms with Crippen molar-refractivity contribution in [2.45, 2.75) is 19.3 Å². The highest BCUT2D eigenvalue weighted by Gasteiger charge is 2.27. The molecule has 68 valence electrons. The van der Waals surface area contributed by atoms with Gasteiger partial charge in [-0.2, -0.15) is 0 Å². The van der Waals surface area contributed by atoms with E-state index in [1.807, 2.05) is 20.1 Å². The molecule has 1 aliphatic heterocycles. The second kappa shape index (κ2) is 2.64. The highest BCUT2D eigenvalue weighted by atomic mass is 79.9. The monoisotopic (exact) mass is 241 g/mol. The Hall–Kier alpha value is -0.700. The summed E-state index contributed by atoms with van der Waals surface area (Å²) >= 11 is 3.14. The molecule has 1 heterocycles. The fraction of sp³-hybridized carbons (Fsp3) is 0.300. The van der Waals surface area contributed by atoms with E-state index in [4.69, 9.17) is 0 Å². The van der Waals surface area contributed by atoms with Crippen molar-refractivity contribution in [3.8, 4) is 0 Å². The zero-order chi connectivity index (χ0) is 9.64. The molecule has 1 aliphatic rings. The van der Waals surface area contributed by atoms with Crippen molar-refractivity contribution in [2.75, 3.05) is 0 Å². The van der Waals surface area contributed by atoms with Crippen LogP contribution in [0.4, 0.5) is 10.1 Å². The summed E-state index contributed by atoms with van der Waals surface area (Å²) in [6, 6.07) is 3.27. The first-order chi connectivity index (χ1) is 6.00.